The predicted molar refractivity (Wildman–Crippen MR) is 94.5 cm³/mol. The second-order valence-corrected chi connectivity index (χ2v) is 7.23. The molecule has 2 heterocycles. The van der Waals surface area contributed by atoms with Gasteiger partial charge in [-0.2, -0.15) is 0 Å². The quantitative estimate of drug-likeness (QED) is 0.815. The monoisotopic (exact) mass is 364 g/mol. The minimum Gasteiger partial charge on any atom is -0.444 e. The fourth-order valence-corrected chi connectivity index (χ4v) is 2.87. The zero-order valence-electron chi connectivity index (χ0n) is 15.1. The first-order chi connectivity index (χ1) is 12.2. The Morgan fingerprint density at radius 2 is 1.85 bits per heavy atom. The summed E-state index contributed by atoms with van der Waals surface area (Å²) in [5.41, 5.74) is -0.0984. The Balaban J connectivity index is 1.74. The van der Waals surface area contributed by atoms with Crippen molar-refractivity contribution in [2.45, 2.75) is 32.8 Å². The van der Waals surface area contributed by atoms with Crippen LogP contribution in [0.5, 0.6) is 0 Å². The largest absolute Gasteiger partial charge is 0.444 e. The molecule has 0 spiro atoms. The highest BCUT2D eigenvalue weighted by Crippen LogP contribution is 2.28. The maximum atomic E-state index is 12.9. The third-order valence-corrected chi connectivity index (χ3v) is 4.12. The SMILES string of the molecule is CC(C)(C)OC(=O)N1CCN(c2ncnc3cc(C(F)F)ccc23)CC1. The summed E-state index contributed by atoms with van der Waals surface area (Å²) >= 11 is 0. The minimum absolute atomic E-state index is 0.0584. The molecule has 2 aromatic rings. The van der Waals surface area contributed by atoms with Crippen molar-refractivity contribution in [1.29, 1.82) is 0 Å². The first kappa shape index (κ1) is 18.3. The number of carbonyl (C=O) groups is 1. The first-order valence-electron chi connectivity index (χ1n) is 8.50. The number of hydrogen-bond donors (Lipinski definition) is 0. The molecule has 0 saturated carbocycles. The molecule has 8 heteroatoms. The van der Waals surface area contributed by atoms with Gasteiger partial charge < -0.3 is 14.5 Å². The van der Waals surface area contributed by atoms with E-state index in [9.17, 15) is 13.6 Å². The molecule has 0 bridgehead atoms. The fraction of sp³-hybridized carbons (Fsp3) is 0.500. The van der Waals surface area contributed by atoms with Gasteiger partial charge in [0.25, 0.3) is 6.43 Å². The average Bonchev–Trinajstić information content (AvgIpc) is 2.59. The average molecular weight is 364 g/mol. The van der Waals surface area contributed by atoms with E-state index in [1.54, 1.807) is 11.0 Å². The maximum Gasteiger partial charge on any atom is 0.410 e. The highest BCUT2D eigenvalue weighted by Gasteiger charge is 2.27. The predicted octanol–water partition coefficient (Wildman–Crippen LogP) is 3.62. The van der Waals surface area contributed by atoms with Crippen LogP contribution in [0.1, 0.15) is 32.8 Å². The zero-order chi connectivity index (χ0) is 18.9. The summed E-state index contributed by atoms with van der Waals surface area (Å²) in [6.07, 6.45) is -1.48. The number of carbonyl (C=O) groups excluding carboxylic acids is 1. The van der Waals surface area contributed by atoms with Crippen molar-refractivity contribution < 1.29 is 18.3 Å². The Morgan fingerprint density at radius 1 is 1.15 bits per heavy atom. The molecule has 1 aliphatic rings. The Morgan fingerprint density at radius 3 is 2.46 bits per heavy atom. The Labute approximate surface area is 150 Å². The molecule has 0 radical (unpaired) electrons. The van der Waals surface area contributed by atoms with E-state index in [4.69, 9.17) is 4.74 Å². The third-order valence-electron chi connectivity index (χ3n) is 4.12. The second-order valence-electron chi connectivity index (χ2n) is 7.23. The van der Waals surface area contributed by atoms with E-state index < -0.39 is 12.0 Å². The summed E-state index contributed by atoms with van der Waals surface area (Å²) in [4.78, 5) is 24.3. The van der Waals surface area contributed by atoms with Crippen molar-refractivity contribution in [3.05, 3.63) is 30.1 Å². The molecule has 0 atom stereocenters. The van der Waals surface area contributed by atoms with Crippen LogP contribution in [0.2, 0.25) is 0 Å². The molecule has 0 N–H and O–H groups in total. The summed E-state index contributed by atoms with van der Waals surface area (Å²) in [6.45, 7) is 7.69. The number of rotatable bonds is 2. The number of amides is 1. The molecule has 0 unspecified atom stereocenters. The lowest BCUT2D eigenvalue weighted by atomic mass is 10.1. The van der Waals surface area contributed by atoms with Crippen LogP contribution in [-0.2, 0) is 4.74 Å². The smallest absolute Gasteiger partial charge is 0.410 e. The number of piperazine rings is 1. The Kier molecular flexibility index (Phi) is 4.93. The number of hydrogen-bond acceptors (Lipinski definition) is 5. The summed E-state index contributed by atoms with van der Waals surface area (Å²) in [7, 11) is 0. The van der Waals surface area contributed by atoms with Crippen LogP contribution in [0.3, 0.4) is 0 Å². The molecule has 1 aromatic heterocycles. The van der Waals surface area contributed by atoms with Gasteiger partial charge in [-0.3, -0.25) is 0 Å². The molecule has 1 saturated heterocycles. The van der Waals surface area contributed by atoms with Gasteiger partial charge in [0.2, 0.25) is 0 Å². The Bertz CT molecular complexity index is 799. The van der Waals surface area contributed by atoms with E-state index in [1.807, 2.05) is 25.7 Å². The normalized spacial score (nSPS) is 15.6. The van der Waals surface area contributed by atoms with Gasteiger partial charge in [0.15, 0.2) is 0 Å². The summed E-state index contributed by atoms with van der Waals surface area (Å²) < 4.78 is 31.2. The number of ether oxygens (including phenoxy) is 1. The van der Waals surface area contributed by atoms with Gasteiger partial charge >= 0.3 is 6.09 Å². The van der Waals surface area contributed by atoms with Crippen molar-refractivity contribution >= 4 is 22.8 Å². The van der Waals surface area contributed by atoms with E-state index in [0.29, 0.717) is 37.5 Å². The van der Waals surface area contributed by atoms with Crippen LogP contribution in [0.15, 0.2) is 24.5 Å². The molecular formula is C18H22F2N4O2. The molecule has 1 aliphatic heterocycles. The van der Waals surface area contributed by atoms with Gasteiger partial charge in [-0.25, -0.2) is 23.5 Å². The van der Waals surface area contributed by atoms with Crippen LogP contribution in [0, 0.1) is 0 Å². The molecular weight excluding hydrogens is 342 g/mol. The number of anilines is 1. The van der Waals surface area contributed by atoms with Gasteiger partial charge in [-0.05, 0) is 32.9 Å². The number of halogens is 2. The van der Waals surface area contributed by atoms with Crippen molar-refractivity contribution in [1.82, 2.24) is 14.9 Å². The van der Waals surface area contributed by atoms with Crippen molar-refractivity contribution in [3.8, 4) is 0 Å². The van der Waals surface area contributed by atoms with E-state index in [0.717, 1.165) is 5.39 Å². The lowest BCUT2D eigenvalue weighted by Gasteiger charge is -2.36. The number of alkyl halides is 2. The summed E-state index contributed by atoms with van der Waals surface area (Å²) in [5, 5.41) is 0.725. The van der Waals surface area contributed by atoms with E-state index in [2.05, 4.69) is 9.97 Å². The third kappa shape index (κ3) is 4.00. The van der Waals surface area contributed by atoms with Crippen LogP contribution in [-0.4, -0.2) is 52.7 Å². The van der Waals surface area contributed by atoms with E-state index >= 15 is 0 Å². The zero-order valence-corrected chi connectivity index (χ0v) is 15.1. The van der Waals surface area contributed by atoms with E-state index in [-0.39, 0.29) is 11.7 Å². The molecule has 1 fully saturated rings. The van der Waals surface area contributed by atoms with Crippen molar-refractivity contribution in [2.75, 3.05) is 31.1 Å². The number of benzene rings is 1. The van der Waals surface area contributed by atoms with E-state index in [1.165, 1.54) is 18.5 Å². The van der Waals surface area contributed by atoms with Crippen molar-refractivity contribution in [3.63, 3.8) is 0 Å². The highest BCUT2D eigenvalue weighted by atomic mass is 19.3. The van der Waals surface area contributed by atoms with Gasteiger partial charge in [0.1, 0.15) is 17.7 Å². The molecule has 1 aromatic carbocycles. The molecule has 140 valence electrons. The highest BCUT2D eigenvalue weighted by molar-refractivity contribution is 5.89. The minimum atomic E-state index is -2.53. The number of aromatic nitrogens is 2. The topological polar surface area (TPSA) is 58.6 Å². The van der Waals surface area contributed by atoms with Crippen LogP contribution in [0.4, 0.5) is 19.4 Å². The summed E-state index contributed by atoms with van der Waals surface area (Å²) in [6, 6.07) is 4.42. The van der Waals surface area contributed by atoms with Crippen LogP contribution < -0.4 is 4.90 Å². The maximum absolute atomic E-state index is 12.9. The van der Waals surface area contributed by atoms with Crippen LogP contribution in [0.25, 0.3) is 10.9 Å². The summed E-state index contributed by atoms with van der Waals surface area (Å²) in [5.74, 6) is 0.694. The molecule has 3 rings (SSSR count). The lowest BCUT2D eigenvalue weighted by Crippen LogP contribution is -2.50. The number of fused-ring (bicyclic) bond motifs is 1. The Hall–Kier alpha value is -2.51. The second kappa shape index (κ2) is 7.01. The fourth-order valence-electron chi connectivity index (χ4n) is 2.87. The van der Waals surface area contributed by atoms with Gasteiger partial charge in [-0.15, -0.1) is 0 Å². The molecule has 26 heavy (non-hydrogen) atoms. The van der Waals surface area contributed by atoms with Gasteiger partial charge in [0, 0.05) is 37.1 Å². The van der Waals surface area contributed by atoms with Gasteiger partial charge in [0.05, 0.1) is 5.52 Å². The molecule has 1 amide bonds. The van der Waals surface area contributed by atoms with Gasteiger partial charge in [-0.1, -0.05) is 6.07 Å². The lowest BCUT2D eigenvalue weighted by molar-refractivity contribution is 0.0240. The standard InChI is InChI=1S/C18H22F2N4O2/c1-18(2,3)26-17(25)24-8-6-23(7-9-24)16-13-5-4-12(15(19)20)10-14(13)21-11-22-16/h4-5,10-11,15H,6-9H2,1-3H3. The van der Waals surface area contributed by atoms with Crippen molar-refractivity contribution in [2.24, 2.45) is 0 Å². The van der Waals surface area contributed by atoms with Crippen LogP contribution >= 0.6 is 0 Å². The molecule has 0 aliphatic carbocycles. The first-order valence-corrected chi connectivity index (χ1v) is 8.50. The molecule has 6 nitrogen and oxygen atoms in total. The number of nitrogens with zero attached hydrogens (tertiary/aromatic N) is 4.